The highest BCUT2D eigenvalue weighted by Crippen LogP contribution is 2.17. The van der Waals surface area contributed by atoms with Crippen molar-refractivity contribution in [1.82, 2.24) is 10.3 Å². The number of hydrogen-bond donors (Lipinski definition) is 1. The molecule has 3 rings (SSSR count). The van der Waals surface area contributed by atoms with Gasteiger partial charge in [0.25, 0.3) is 0 Å². The van der Waals surface area contributed by atoms with Gasteiger partial charge in [-0.15, -0.1) is 0 Å². The number of benzene rings is 1. The zero-order valence-electron chi connectivity index (χ0n) is 18.4. The van der Waals surface area contributed by atoms with Crippen LogP contribution in [0.4, 0.5) is 0 Å². The summed E-state index contributed by atoms with van der Waals surface area (Å²) in [7, 11) is 0. The van der Waals surface area contributed by atoms with Crippen molar-refractivity contribution in [2.24, 2.45) is 5.92 Å². The van der Waals surface area contributed by atoms with Gasteiger partial charge in [0.2, 0.25) is 0 Å². The highest BCUT2D eigenvalue weighted by Gasteiger charge is 2.16. The van der Waals surface area contributed by atoms with Crippen LogP contribution in [0.15, 0.2) is 42.7 Å². The molecule has 30 heavy (non-hydrogen) atoms. The zero-order chi connectivity index (χ0) is 21.0. The molecule has 0 bridgehead atoms. The summed E-state index contributed by atoms with van der Waals surface area (Å²) in [5.41, 5.74) is 3.73. The quantitative estimate of drug-likeness (QED) is 0.468. The van der Waals surface area contributed by atoms with E-state index < -0.39 is 0 Å². The summed E-state index contributed by atoms with van der Waals surface area (Å²) >= 11 is 0. The fourth-order valence-electron chi connectivity index (χ4n) is 3.37. The lowest BCUT2D eigenvalue weighted by atomic mass is 9.99. The van der Waals surface area contributed by atoms with E-state index in [2.05, 4.69) is 54.5 Å². The molecule has 2 atom stereocenters. The SMILES string of the molecule is Cc1ccc(COCCCOCCC(C)Cc2cncc(OCC3CCN3)c2)cc1. The molecule has 1 aromatic carbocycles. The highest BCUT2D eigenvalue weighted by molar-refractivity contribution is 5.24. The van der Waals surface area contributed by atoms with Gasteiger partial charge < -0.3 is 19.5 Å². The van der Waals surface area contributed by atoms with E-state index in [1.807, 2.05) is 6.20 Å². The first-order valence-corrected chi connectivity index (χ1v) is 11.2. The molecule has 2 heterocycles. The molecule has 2 aromatic rings. The Kier molecular flexibility index (Phi) is 9.61. The highest BCUT2D eigenvalue weighted by atomic mass is 16.5. The predicted octanol–water partition coefficient (Wildman–Crippen LogP) is 4.32. The van der Waals surface area contributed by atoms with Gasteiger partial charge in [-0.3, -0.25) is 4.98 Å². The summed E-state index contributed by atoms with van der Waals surface area (Å²) in [6.07, 6.45) is 7.91. The van der Waals surface area contributed by atoms with E-state index >= 15 is 0 Å². The van der Waals surface area contributed by atoms with Crippen molar-refractivity contribution in [2.45, 2.75) is 52.2 Å². The lowest BCUT2D eigenvalue weighted by Gasteiger charge is -2.27. The van der Waals surface area contributed by atoms with Crippen LogP contribution in [0, 0.1) is 12.8 Å². The molecule has 164 valence electrons. The standard InChI is InChI=1S/C25H36N2O3/c1-20-4-6-22(7-5-20)18-29-12-3-11-28-13-9-21(2)14-23-15-25(17-26-16-23)30-19-24-8-10-27-24/h4-7,15-17,21,24,27H,3,8-14,18-19H2,1-2H3. The van der Waals surface area contributed by atoms with Gasteiger partial charge in [0.05, 0.1) is 12.8 Å². The Bertz CT molecular complexity index is 731. The topological polar surface area (TPSA) is 52.6 Å². The molecular weight excluding hydrogens is 376 g/mol. The molecule has 1 aliphatic heterocycles. The maximum Gasteiger partial charge on any atom is 0.137 e. The first-order chi connectivity index (χ1) is 14.7. The smallest absolute Gasteiger partial charge is 0.137 e. The Labute approximate surface area is 181 Å². The molecular formula is C25H36N2O3. The van der Waals surface area contributed by atoms with Gasteiger partial charge in [-0.2, -0.15) is 0 Å². The number of pyridine rings is 1. The maximum atomic E-state index is 5.85. The maximum absolute atomic E-state index is 5.85. The second-order valence-corrected chi connectivity index (χ2v) is 8.38. The van der Waals surface area contributed by atoms with Gasteiger partial charge in [0, 0.05) is 32.1 Å². The molecule has 5 nitrogen and oxygen atoms in total. The summed E-state index contributed by atoms with van der Waals surface area (Å²) in [5, 5.41) is 3.35. The van der Waals surface area contributed by atoms with E-state index in [4.69, 9.17) is 14.2 Å². The number of aromatic nitrogens is 1. The van der Waals surface area contributed by atoms with Crippen LogP contribution in [0.3, 0.4) is 0 Å². The number of rotatable bonds is 14. The summed E-state index contributed by atoms with van der Waals surface area (Å²) in [6.45, 7) is 9.13. The number of hydrogen-bond acceptors (Lipinski definition) is 5. The Balaban J connectivity index is 1.21. The van der Waals surface area contributed by atoms with Gasteiger partial charge in [0.1, 0.15) is 12.4 Å². The molecule has 0 aliphatic carbocycles. The lowest BCUT2D eigenvalue weighted by molar-refractivity contribution is 0.0715. The zero-order valence-corrected chi connectivity index (χ0v) is 18.4. The molecule has 5 heteroatoms. The molecule has 0 saturated carbocycles. The second kappa shape index (κ2) is 12.7. The van der Waals surface area contributed by atoms with Crippen LogP contribution in [0.5, 0.6) is 5.75 Å². The average molecular weight is 413 g/mol. The predicted molar refractivity (Wildman–Crippen MR) is 120 cm³/mol. The first-order valence-electron chi connectivity index (χ1n) is 11.2. The third kappa shape index (κ3) is 8.42. The van der Waals surface area contributed by atoms with Crippen molar-refractivity contribution in [3.05, 3.63) is 59.4 Å². The van der Waals surface area contributed by atoms with Crippen LogP contribution in [-0.4, -0.2) is 44.0 Å². The normalized spacial score (nSPS) is 16.8. The molecule has 1 aromatic heterocycles. The van der Waals surface area contributed by atoms with Crippen molar-refractivity contribution in [1.29, 1.82) is 0 Å². The lowest BCUT2D eigenvalue weighted by Crippen LogP contribution is -2.46. The van der Waals surface area contributed by atoms with E-state index in [0.29, 0.717) is 18.6 Å². The van der Waals surface area contributed by atoms with Crippen molar-refractivity contribution in [3.8, 4) is 5.75 Å². The first kappa shape index (κ1) is 22.7. The van der Waals surface area contributed by atoms with E-state index in [1.165, 1.54) is 23.1 Å². The number of ether oxygens (including phenoxy) is 3. The van der Waals surface area contributed by atoms with Crippen molar-refractivity contribution >= 4 is 0 Å². The van der Waals surface area contributed by atoms with Gasteiger partial charge in [-0.05, 0) is 62.3 Å². The molecule has 1 saturated heterocycles. The summed E-state index contributed by atoms with van der Waals surface area (Å²) in [4.78, 5) is 4.33. The molecule has 1 fully saturated rings. The fourth-order valence-corrected chi connectivity index (χ4v) is 3.37. The molecule has 2 unspecified atom stereocenters. The van der Waals surface area contributed by atoms with E-state index in [9.17, 15) is 0 Å². The molecule has 0 amide bonds. The van der Waals surface area contributed by atoms with Gasteiger partial charge >= 0.3 is 0 Å². The van der Waals surface area contributed by atoms with Crippen LogP contribution in [0.25, 0.3) is 0 Å². The number of aryl methyl sites for hydroxylation is 1. The minimum atomic E-state index is 0.498. The molecule has 0 radical (unpaired) electrons. The Hall–Kier alpha value is -1.95. The molecule has 0 spiro atoms. The monoisotopic (exact) mass is 412 g/mol. The van der Waals surface area contributed by atoms with Crippen molar-refractivity contribution in [2.75, 3.05) is 33.0 Å². The number of nitrogens with one attached hydrogen (secondary N) is 1. The van der Waals surface area contributed by atoms with Crippen molar-refractivity contribution < 1.29 is 14.2 Å². The van der Waals surface area contributed by atoms with Crippen LogP contribution in [-0.2, 0) is 22.5 Å². The minimum absolute atomic E-state index is 0.498. The minimum Gasteiger partial charge on any atom is -0.490 e. The van der Waals surface area contributed by atoms with Gasteiger partial charge in [0.15, 0.2) is 0 Å². The number of nitrogens with zero attached hydrogens (tertiary/aromatic N) is 1. The fraction of sp³-hybridized carbons (Fsp3) is 0.560. The Morgan fingerprint density at radius 3 is 2.63 bits per heavy atom. The Morgan fingerprint density at radius 1 is 1.07 bits per heavy atom. The summed E-state index contributed by atoms with van der Waals surface area (Å²) < 4.78 is 17.4. The molecule has 1 aliphatic rings. The van der Waals surface area contributed by atoms with Crippen LogP contribution in [0.1, 0.15) is 42.9 Å². The van der Waals surface area contributed by atoms with E-state index in [0.717, 1.165) is 58.0 Å². The Morgan fingerprint density at radius 2 is 1.87 bits per heavy atom. The average Bonchev–Trinajstić information content (AvgIpc) is 2.70. The molecule has 1 N–H and O–H groups in total. The third-order valence-electron chi connectivity index (χ3n) is 5.45. The van der Waals surface area contributed by atoms with Crippen LogP contribution < -0.4 is 10.1 Å². The summed E-state index contributed by atoms with van der Waals surface area (Å²) in [6, 6.07) is 11.1. The summed E-state index contributed by atoms with van der Waals surface area (Å²) in [5.74, 6) is 1.42. The van der Waals surface area contributed by atoms with Crippen molar-refractivity contribution in [3.63, 3.8) is 0 Å². The van der Waals surface area contributed by atoms with Crippen LogP contribution >= 0.6 is 0 Å². The van der Waals surface area contributed by atoms with E-state index in [-0.39, 0.29) is 0 Å². The second-order valence-electron chi connectivity index (χ2n) is 8.38. The largest absolute Gasteiger partial charge is 0.490 e. The van der Waals surface area contributed by atoms with Crippen LogP contribution in [0.2, 0.25) is 0 Å². The van der Waals surface area contributed by atoms with E-state index in [1.54, 1.807) is 6.20 Å². The van der Waals surface area contributed by atoms with Gasteiger partial charge in [-0.1, -0.05) is 36.8 Å². The van der Waals surface area contributed by atoms with Gasteiger partial charge in [-0.25, -0.2) is 0 Å². The third-order valence-corrected chi connectivity index (χ3v) is 5.45.